The summed E-state index contributed by atoms with van der Waals surface area (Å²) in [6, 6.07) is -0.150. The van der Waals surface area contributed by atoms with Gasteiger partial charge in [-0.3, -0.25) is 4.79 Å². The van der Waals surface area contributed by atoms with Crippen LogP contribution in [0.5, 0.6) is 0 Å². The quantitative estimate of drug-likeness (QED) is 0.553. The van der Waals surface area contributed by atoms with Gasteiger partial charge < -0.3 is 15.0 Å². The second-order valence-electron chi connectivity index (χ2n) is 3.75. The number of nitrogens with one attached hydrogen (secondary N) is 1. The van der Waals surface area contributed by atoms with Gasteiger partial charge in [-0.1, -0.05) is 0 Å². The van der Waals surface area contributed by atoms with E-state index in [0.29, 0.717) is 0 Å². The lowest BCUT2D eigenvalue weighted by atomic mass is 10.1. The van der Waals surface area contributed by atoms with Crippen molar-refractivity contribution >= 4 is 12.0 Å². The predicted molar refractivity (Wildman–Crippen MR) is 55.2 cm³/mol. The van der Waals surface area contributed by atoms with Gasteiger partial charge >= 0.3 is 12.0 Å². The van der Waals surface area contributed by atoms with Crippen molar-refractivity contribution in [1.29, 1.82) is 0 Å². The Morgan fingerprint density at radius 1 is 1.27 bits per heavy atom. The zero-order valence-electron chi connectivity index (χ0n) is 9.28. The van der Waals surface area contributed by atoms with E-state index >= 15 is 0 Å². The average Bonchev–Trinajstić information content (AvgIpc) is 2.17. The summed E-state index contributed by atoms with van der Waals surface area (Å²) in [5, 5.41) is 2.62. The Morgan fingerprint density at radius 2 is 1.87 bits per heavy atom. The Hall–Kier alpha value is -1.26. The molecule has 86 valence electrons. The van der Waals surface area contributed by atoms with Crippen molar-refractivity contribution in [1.82, 2.24) is 10.2 Å². The van der Waals surface area contributed by atoms with Crippen molar-refractivity contribution < 1.29 is 14.3 Å². The molecule has 1 heterocycles. The molecule has 1 unspecified atom stereocenters. The van der Waals surface area contributed by atoms with E-state index in [1.807, 2.05) is 0 Å². The summed E-state index contributed by atoms with van der Waals surface area (Å²) in [5.41, 5.74) is 0. The first-order valence-electron chi connectivity index (χ1n) is 5.32. The van der Waals surface area contributed by atoms with E-state index in [-0.39, 0.29) is 12.0 Å². The first-order valence-corrected chi connectivity index (χ1v) is 5.32. The molecule has 5 heteroatoms. The van der Waals surface area contributed by atoms with Crippen molar-refractivity contribution in [3.63, 3.8) is 0 Å². The maximum Gasteiger partial charge on any atom is 0.320 e. The Morgan fingerprint density at radius 3 is 2.40 bits per heavy atom. The maximum atomic E-state index is 11.6. The molecule has 1 aliphatic rings. The molecular formula is C10H18N2O3. The molecular weight excluding hydrogens is 196 g/mol. The van der Waals surface area contributed by atoms with Gasteiger partial charge in [0.25, 0.3) is 0 Å². The van der Waals surface area contributed by atoms with Crippen LogP contribution in [-0.2, 0) is 9.53 Å². The van der Waals surface area contributed by atoms with Crippen LogP contribution in [0.25, 0.3) is 0 Å². The van der Waals surface area contributed by atoms with Gasteiger partial charge in [0, 0.05) is 20.0 Å². The third-order valence-electron chi connectivity index (χ3n) is 2.31. The van der Waals surface area contributed by atoms with Gasteiger partial charge in [0.2, 0.25) is 0 Å². The normalized spacial score (nSPS) is 18.1. The molecule has 1 rings (SSSR count). The number of carbonyl (C=O) groups excluding carboxylic acids is 2. The molecule has 1 atom stereocenters. The first kappa shape index (κ1) is 11.8. The van der Waals surface area contributed by atoms with Crippen molar-refractivity contribution in [2.24, 2.45) is 0 Å². The number of ether oxygens (including phenoxy) is 1. The molecule has 1 N–H and O–H groups in total. The minimum atomic E-state index is -0.558. The Bertz CT molecular complexity index is 237. The van der Waals surface area contributed by atoms with E-state index in [2.05, 4.69) is 5.32 Å². The molecule has 0 radical (unpaired) electrons. The lowest BCUT2D eigenvalue weighted by Gasteiger charge is -2.28. The van der Waals surface area contributed by atoms with Crippen molar-refractivity contribution in [3.05, 3.63) is 0 Å². The van der Waals surface area contributed by atoms with E-state index in [1.165, 1.54) is 13.3 Å². The van der Waals surface area contributed by atoms with E-state index < -0.39 is 6.23 Å². The fraction of sp³-hybridized carbons (Fsp3) is 0.800. The fourth-order valence-electron chi connectivity index (χ4n) is 1.64. The van der Waals surface area contributed by atoms with Crippen LogP contribution in [0.1, 0.15) is 33.1 Å². The van der Waals surface area contributed by atoms with Crippen LogP contribution < -0.4 is 5.32 Å². The smallest absolute Gasteiger partial charge is 0.320 e. The average molecular weight is 214 g/mol. The topological polar surface area (TPSA) is 58.6 Å². The Labute approximate surface area is 89.8 Å². The summed E-state index contributed by atoms with van der Waals surface area (Å²) in [6.45, 7) is 4.55. The highest BCUT2D eigenvalue weighted by molar-refractivity contribution is 5.75. The van der Waals surface area contributed by atoms with Crippen molar-refractivity contribution in [2.75, 3.05) is 13.1 Å². The largest absolute Gasteiger partial charge is 0.442 e. The number of rotatable bonds is 2. The van der Waals surface area contributed by atoms with Crippen LogP contribution in [-0.4, -0.2) is 36.2 Å². The van der Waals surface area contributed by atoms with Crippen molar-refractivity contribution in [2.45, 2.75) is 39.3 Å². The lowest BCUT2D eigenvalue weighted by molar-refractivity contribution is -0.146. The summed E-state index contributed by atoms with van der Waals surface area (Å²) in [6.07, 6.45) is 2.73. The van der Waals surface area contributed by atoms with Crippen LogP contribution in [0.2, 0.25) is 0 Å². The third kappa shape index (κ3) is 4.18. The summed E-state index contributed by atoms with van der Waals surface area (Å²) < 4.78 is 4.81. The number of esters is 1. The second kappa shape index (κ2) is 5.58. The van der Waals surface area contributed by atoms with Crippen LogP contribution in [0.4, 0.5) is 4.79 Å². The van der Waals surface area contributed by atoms with Gasteiger partial charge in [-0.05, 0) is 26.2 Å². The lowest BCUT2D eigenvalue weighted by Crippen LogP contribution is -2.47. The molecule has 1 fully saturated rings. The molecule has 0 aliphatic carbocycles. The number of hydrogen-bond donors (Lipinski definition) is 1. The first-order chi connectivity index (χ1) is 7.09. The number of nitrogens with zero attached hydrogens (tertiary/aromatic N) is 1. The van der Waals surface area contributed by atoms with Gasteiger partial charge in [-0.25, -0.2) is 4.79 Å². The SMILES string of the molecule is CC(=O)OC(C)NC(=O)N1CCCCC1. The standard InChI is InChI=1S/C10H18N2O3/c1-8(15-9(2)13)11-10(14)12-6-4-3-5-7-12/h8H,3-7H2,1-2H3,(H,11,14). The van der Waals surface area contributed by atoms with Crippen LogP contribution in [0.15, 0.2) is 0 Å². The number of carbonyl (C=O) groups is 2. The number of urea groups is 1. The number of hydrogen-bond acceptors (Lipinski definition) is 3. The molecule has 1 aliphatic heterocycles. The van der Waals surface area contributed by atoms with Gasteiger partial charge in [-0.15, -0.1) is 0 Å². The van der Waals surface area contributed by atoms with E-state index in [9.17, 15) is 9.59 Å². The van der Waals surface area contributed by atoms with E-state index in [4.69, 9.17) is 4.74 Å². The zero-order chi connectivity index (χ0) is 11.3. The van der Waals surface area contributed by atoms with Crippen LogP contribution >= 0.6 is 0 Å². The van der Waals surface area contributed by atoms with E-state index in [1.54, 1.807) is 11.8 Å². The minimum absolute atomic E-state index is 0.150. The molecule has 2 amide bonds. The monoisotopic (exact) mass is 214 g/mol. The molecule has 5 nitrogen and oxygen atoms in total. The molecule has 0 aromatic carbocycles. The predicted octanol–water partition coefficient (Wildman–Crippen LogP) is 1.09. The van der Waals surface area contributed by atoms with Gasteiger partial charge in [0.15, 0.2) is 6.23 Å². The maximum absolute atomic E-state index is 11.6. The summed E-state index contributed by atoms with van der Waals surface area (Å²) >= 11 is 0. The summed E-state index contributed by atoms with van der Waals surface area (Å²) in [5.74, 6) is -0.388. The molecule has 15 heavy (non-hydrogen) atoms. The Balaban J connectivity index is 2.30. The van der Waals surface area contributed by atoms with Gasteiger partial charge in [0.05, 0.1) is 0 Å². The van der Waals surface area contributed by atoms with Crippen molar-refractivity contribution in [3.8, 4) is 0 Å². The van der Waals surface area contributed by atoms with E-state index in [0.717, 1.165) is 25.9 Å². The zero-order valence-corrected chi connectivity index (χ0v) is 9.28. The summed E-state index contributed by atoms with van der Waals surface area (Å²) in [4.78, 5) is 24.0. The third-order valence-corrected chi connectivity index (χ3v) is 2.31. The van der Waals surface area contributed by atoms with Crippen LogP contribution in [0, 0.1) is 0 Å². The molecule has 0 bridgehead atoms. The number of piperidine rings is 1. The van der Waals surface area contributed by atoms with Crippen LogP contribution in [0.3, 0.4) is 0 Å². The highest BCUT2D eigenvalue weighted by Crippen LogP contribution is 2.08. The second-order valence-corrected chi connectivity index (χ2v) is 3.75. The molecule has 0 aromatic rings. The van der Waals surface area contributed by atoms with Gasteiger partial charge in [0.1, 0.15) is 0 Å². The Kier molecular flexibility index (Phi) is 4.39. The van der Waals surface area contributed by atoms with Gasteiger partial charge in [-0.2, -0.15) is 0 Å². The fourth-order valence-corrected chi connectivity index (χ4v) is 1.64. The molecule has 0 aromatic heterocycles. The minimum Gasteiger partial charge on any atom is -0.442 e. The molecule has 1 saturated heterocycles. The number of likely N-dealkylation sites (tertiary alicyclic amines) is 1. The molecule has 0 saturated carbocycles. The molecule has 0 spiro atoms. The highest BCUT2D eigenvalue weighted by atomic mass is 16.6. The highest BCUT2D eigenvalue weighted by Gasteiger charge is 2.18. The summed E-state index contributed by atoms with van der Waals surface area (Å²) in [7, 11) is 0. The number of amides is 2.